The summed E-state index contributed by atoms with van der Waals surface area (Å²) in [5.41, 5.74) is 8.82. The number of hydrogen-bond acceptors (Lipinski definition) is 2. The molecule has 2 nitrogen and oxygen atoms in total. The SMILES string of the molecule is C/C=C(\CC)C(=O)/C=C(\N)C(C)(c1ccc(Br)cc1)C1CC1.CC. The van der Waals surface area contributed by atoms with E-state index in [-0.39, 0.29) is 11.2 Å². The molecule has 1 aliphatic rings. The Morgan fingerprint density at radius 2 is 1.83 bits per heavy atom. The highest BCUT2D eigenvalue weighted by Crippen LogP contribution is 2.50. The van der Waals surface area contributed by atoms with Gasteiger partial charge in [-0.3, -0.25) is 4.79 Å². The molecule has 132 valence electrons. The summed E-state index contributed by atoms with van der Waals surface area (Å²) in [5.74, 6) is 0.555. The Kier molecular flexibility index (Phi) is 7.95. The second kappa shape index (κ2) is 9.22. The molecule has 2 rings (SSSR count). The zero-order valence-corrected chi connectivity index (χ0v) is 17.1. The second-order valence-electron chi connectivity index (χ2n) is 6.11. The Hall–Kier alpha value is -1.35. The normalized spacial score (nSPS) is 17.6. The topological polar surface area (TPSA) is 43.1 Å². The first kappa shape index (κ1) is 20.7. The number of nitrogens with two attached hydrogens (primary N) is 1. The van der Waals surface area contributed by atoms with Gasteiger partial charge in [-0.1, -0.05) is 54.9 Å². The van der Waals surface area contributed by atoms with Crippen LogP contribution in [0.5, 0.6) is 0 Å². The Morgan fingerprint density at radius 3 is 2.25 bits per heavy atom. The zero-order valence-electron chi connectivity index (χ0n) is 15.5. The molecular weight excluding hydrogens is 362 g/mol. The van der Waals surface area contributed by atoms with Crippen molar-refractivity contribution in [3.63, 3.8) is 0 Å². The van der Waals surface area contributed by atoms with Gasteiger partial charge < -0.3 is 5.73 Å². The maximum absolute atomic E-state index is 12.4. The lowest BCUT2D eigenvalue weighted by Gasteiger charge is -2.31. The van der Waals surface area contributed by atoms with Gasteiger partial charge in [0.15, 0.2) is 5.78 Å². The van der Waals surface area contributed by atoms with Crippen LogP contribution in [0.1, 0.15) is 59.4 Å². The second-order valence-corrected chi connectivity index (χ2v) is 7.03. The molecule has 3 heteroatoms. The summed E-state index contributed by atoms with van der Waals surface area (Å²) in [7, 11) is 0. The number of carbonyl (C=O) groups excluding carboxylic acids is 1. The van der Waals surface area contributed by atoms with Gasteiger partial charge in [0.2, 0.25) is 0 Å². The number of benzene rings is 1. The molecule has 0 aromatic heterocycles. The lowest BCUT2D eigenvalue weighted by atomic mass is 9.74. The smallest absolute Gasteiger partial charge is 0.183 e. The van der Waals surface area contributed by atoms with Crippen LogP contribution in [0, 0.1) is 5.92 Å². The Bertz CT molecular complexity index is 611. The van der Waals surface area contributed by atoms with Crippen molar-refractivity contribution >= 4 is 21.7 Å². The molecule has 0 spiro atoms. The number of carbonyl (C=O) groups is 1. The molecule has 1 atom stereocenters. The molecule has 24 heavy (non-hydrogen) atoms. The van der Waals surface area contributed by atoms with Gasteiger partial charge in [-0.15, -0.1) is 0 Å². The van der Waals surface area contributed by atoms with Gasteiger partial charge in [0, 0.05) is 21.7 Å². The van der Waals surface area contributed by atoms with Crippen LogP contribution >= 0.6 is 15.9 Å². The number of halogens is 1. The van der Waals surface area contributed by atoms with Crippen molar-refractivity contribution in [2.24, 2.45) is 11.7 Å². The first-order valence-electron chi connectivity index (χ1n) is 8.86. The summed E-state index contributed by atoms with van der Waals surface area (Å²) >= 11 is 3.47. The molecule has 2 N–H and O–H groups in total. The summed E-state index contributed by atoms with van der Waals surface area (Å²) in [6.07, 6.45) is 6.58. The van der Waals surface area contributed by atoms with E-state index in [1.807, 2.05) is 45.9 Å². The van der Waals surface area contributed by atoms with E-state index in [1.165, 1.54) is 18.4 Å². The van der Waals surface area contributed by atoms with Gasteiger partial charge in [-0.2, -0.15) is 0 Å². The summed E-state index contributed by atoms with van der Waals surface area (Å²) < 4.78 is 1.05. The van der Waals surface area contributed by atoms with Gasteiger partial charge in [-0.05, 0) is 62.3 Å². The third-order valence-corrected chi connectivity index (χ3v) is 5.30. The number of allylic oxidation sites excluding steroid dienone is 4. The minimum absolute atomic E-state index is 0.0338. The van der Waals surface area contributed by atoms with Crippen molar-refractivity contribution < 1.29 is 4.79 Å². The molecular formula is C21H30BrNO. The first-order valence-corrected chi connectivity index (χ1v) is 9.66. The number of ketones is 1. The Morgan fingerprint density at radius 1 is 1.29 bits per heavy atom. The lowest BCUT2D eigenvalue weighted by molar-refractivity contribution is -0.111. The van der Waals surface area contributed by atoms with E-state index in [4.69, 9.17) is 5.73 Å². The maximum Gasteiger partial charge on any atom is 0.183 e. The fourth-order valence-electron chi connectivity index (χ4n) is 3.00. The molecule has 1 aromatic carbocycles. The van der Waals surface area contributed by atoms with Crippen LogP contribution in [-0.2, 0) is 10.2 Å². The summed E-state index contributed by atoms with van der Waals surface area (Å²) in [6.45, 7) is 10.1. The lowest BCUT2D eigenvalue weighted by Crippen LogP contribution is -2.32. The van der Waals surface area contributed by atoms with Crippen LogP contribution in [0.4, 0.5) is 0 Å². The fourth-order valence-corrected chi connectivity index (χ4v) is 3.26. The maximum atomic E-state index is 12.4. The first-order chi connectivity index (χ1) is 11.4. The van der Waals surface area contributed by atoms with Crippen LogP contribution in [0.15, 0.2) is 52.2 Å². The van der Waals surface area contributed by atoms with E-state index in [0.717, 1.165) is 16.5 Å². The van der Waals surface area contributed by atoms with Crippen LogP contribution in [0.25, 0.3) is 0 Å². The Labute approximate surface area is 155 Å². The van der Waals surface area contributed by atoms with Crippen LogP contribution < -0.4 is 5.73 Å². The molecule has 0 saturated heterocycles. The minimum Gasteiger partial charge on any atom is -0.401 e. The van der Waals surface area contributed by atoms with E-state index >= 15 is 0 Å². The van der Waals surface area contributed by atoms with Gasteiger partial charge >= 0.3 is 0 Å². The highest BCUT2D eigenvalue weighted by molar-refractivity contribution is 9.10. The predicted octanol–water partition coefficient (Wildman–Crippen LogP) is 5.91. The zero-order chi connectivity index (χ0) is 18.3. The summed E-state index contributed by atoms with van der Waals surface area (Å²) in [6, 6.07) is 8.27. The van der Waals surface area contributed by atoms with E-state index in [1.54, 1.807) is 6.08 Å². The molecule has 1 unspecified atom stereocenters. The quantitative estimate of drug-likeness (QED) is 0.612. The Balaban J connectivity index is 0.00000139. The average Bonchev–Trinajstić information content (AvgIpc) is 3.43. The third kappa shape index (κ3) is 4.60. The molecule has 0 aliphatic heterocycles. The van der Waals surface area contributed by atoms with Gasteiger partial charge in [-0.25, -0.2) is 0 Å². The minimum atomic E-state index is -0.261. The molecule has 1 aromatic rings. The monoisotopic (exact) mass is 391 g/mol. The van der Waals surface area contributed by atoms with Gasteiger partial charge in [0.25, 0.3) is 0 Å². The standard InChI is InChI=1S/C19H24BrNO.C2H6/c1-4-13(5-2)17(22)12-18(21)19(3,14-6-7-14)15-8-10-16(20)11-9-15;1-2/h4,8-12,14H,5-7,21H2,1-3H3;1-2H3/b13-4+,18-12-;. The van der Waals surface area contributed by atoms with E-state index in [2.05, 4.69) is 35.0 Å². The molecule has 0 amide bonds. The van der Waals surface area contributed by atoms with E-state index < -0.39 is 0 Å². The van der Waals surface area contributed by atoms with Crippen molar-refractivity contribution in [1.82, 2.24) is 0 Å². The summed E-state index contributed by atoms with van der Waals surface area (Å²) in [4.78, 5) is 12.4. The average molecular weight is 392 g/mol. The molecule has 0 bridgehead atoms. The number of hydrogen-bond donors (Lipinski definition) is 1. The van der Waals surface area contributed by atoms with Crippen LogP contribution in [0.3, 0.4) is 0 Å². The molecule has 0 radical (unpaired) electrons. The highest BCUT2D eigenvalue weighted by atomic mass is 79.9. The predicted molar refractivity (Wildman–Crippen MR) is 107 cm³/mol. The molecule has 1 aliphatic carbocycles. The van der Waals surface area contributed by atoms with Crippen LogP contribution in [-0.4, -0.2) is 5.78 Å². The molecule has 1 fully saturated rings. The van der Waals surface area contributed by atoms with Crippen molar-refractivity contribution in [3.8, 4) is 0 Å². The molecule has 0 heterocycles. The van der Waals surface area contributed by atoms with Crippen molar-refractivity contribution in [3.05, 3.63) is 57.7 Å². The fraction of sp³-hybridized carbons (Fsp3) is 0.476. The third-order valence-electron chi connectivity index (χ3n) is 4.77. The largest absolute Gasteiger partial charge is 0.401 e. The van der Waals surface area contributed by atoms with E-state index in [0.29, 0.717) is 11.6 Å². The van der Waals surface area contributed by atoms with E-state index in [9.17, 15) is 4.79 Å². The highest BCUT2D eigenvalue weighted by Gasteiger charge is 2.44. The van der Waals surface area contributed by atoms with Crippen molar-refractivity contribution in [2.75, 3.05) is 0 Å². The van der Waals surface area contributed by atoms with Crippen molar-refractivity contribution in [2.45, 2.75) is 59.3 Å². The molecule has 1 saturated carbocycles. The van der Waals surface area contributed by atoms with Crippen molar-refractivity contribution in [1.29, 1.82) is 0 Å². The van der Waals surface area contributed by atoms with Gasteiger partial charge in [0.1, 0.15) is 0 Å². The number of rotatable bonds is 6. The summed E-state index contributed by atoms with van der Waals surface area (Å²) in [5, 5.41) is 0. The van der Waals surface area contributed by atoms with Gasteiger partial charge in [0.05, 0.1) is 0 Å². The van der Waals surface area contributed by atoms with Crippen LogP contribution in [0.2, 0.25) is 0 Å².